The van der Waals surface area contributed by atoms with Crippen LogP contribution in [0, 0.1) is 10.1 Å². The number of unbranched alkanes of at least 4 members (excludes halogenated alkanes) is 7. The van der Waals surface area contributed by atoms with Crippen molar-refractivity contribution in [1.82, 2.24) is 0 Å². The third-order valence-corrected chi connectivity index (χ3v) is 8.24. The van der Waals surface area contributed by atoms with Crippen molar-refractivity contribution in [2.45, 2.75) is 140 Å². The Labute approximate surface area is 231 Å². The lowest BCUT2D eigenvalue weighted by Crippen LogP contribution is -2.35. The van der Waals surface area contributed by atoms with Gasteiger partial charge in [-0.25, -0.2) is 4.79 Å². The Hall–Kier alpha value is -2.52. The van der Waals surface area contributed by atoms with Gasteiger partial charge in [-0.3, -0.25) is 14.9 Å². The number of ether oxygens (including phenoxy) is 4. The zero-order chi connectivity index (χ0) is 27.6. The molecule has 6 atom stereocenters. The first kappa shape index (κ1) is 29.5. The molecule has 0 radical (unpaired) electrons. The Balaban J connectivity index is 1.30. The standard InChI is InChI=1S/C30H43NO8/c1-2-3-4-5-6-7-8-9-10-23(39-30(33)21-11-13-22(14-12-21)31(34)35)24-15-16-25(36-24)26-17-18-27(37-26)28-19-20-29(32)38-28/h11-14,23-28H,2-10,15-20H2,1H3/t23-,24-,25-,26-,27-,28-/m1/s1. The normalized spacial score (nSPS) is 27.4. The summed E-state index contributed by atoms with van der Waals surface area (Å²) in [6, 6.07) is 5.52. The van der Waals surface area contributed by atoms with Crippen LogP contribution in [0.3, 0.4) is 0 Å². The summed E-state index contributed by atoms with van der Waals surface area (Å²) < 4.78 is 24.1. The molecule has 1 aromatic carbocycles. The summed E-state index contributed by atoms with van der Waals surface area (Å²) in [5.74, 6) is -0.635. The molecule has 0 bridgehead atoms. The van der Waals surface area contributed by atoms with Crippen LogP contribution in [0.15, 0.2) is 24.3 Å². The van der Waals surface area contributed by atoms with Crippen LogP contribution in [0.5, 0.6) is 0 Å². The quantitative estimate of drug-likeness (QED) is 0.107. The van der Waals surface area contributed by atoms with Crippen LogP contribution < -0.4 is 0 Å². The number of hydrogen-bond acceptors (Lipinski definition) is 8. The van der Waals surface area contributed by atoms with E-state index in [1.807, 2.05) is 0 Å². The van der Waals surface area contributed by atoms with Crippen LogP contribution in [0.4, 0.5) is 5.69 Å². The second-order valence-corrected chi connectivity index (χ2v) is 11.2. The molecule has 0 saturated carbocycles. The summed E-state index contributed by atoms with van der Waals surface area (Å²) in [6.07, 6.45) is 13.8. The molecule has 9 nitrogen and oxygen atoms in total. The Morgan fingerprint density at radius 3 is 2.15 bits per heavy atom. The molecular weight excluding hydrogens is 502 g/mol. The van der Waals surface area contributed by atoms with E-state index >= 15 is 0 Å². The number of cyclic esters (lactones) is 1. The van der Waals surface area contributed by atoms with Crippen LogP contribution in [-0.4, -0.2) is 53.5 Å². The number of nitro groups is 1. The molecule has 0 aromatic heterocycles. The van der Waals surface area contributed by atoms with E-state index in [-0.39, 0.29) is 48.3 Å². The molecule has 9 heteroatoms. The number of hydrogen-bond donors (Lipinski definition) is 0. The SMILES string of the molecule is CCCCCCCCCC[C@@H](OC(=O)c1ccc([N+](=O)[O-])cc1)[C@H]1CC[C@H]([C@H]2CC[C@H]([C@H]3CCC(=O)O3)O2)O1. The zero-order valence-electron chi connectivity index (χ0n) is 23.1. The van der Waals surface area contributed by atoms with Crippen LogP contribution in [0.25, 0.3) is 0 Å². The molecular formula is C30H43NO8. The van der Waals surface area contributed by atoms with E-state index in [9.17, 15) is 19.7 Å². The van der Waals surface area contributed by atoms with Crippen molar-refractivity contribution in [2.24, 2.45) is 0 Å². The van der Waals surface area contributed by atoms with Crippen molar-refractivity contribution < 1.29 is 33.5 Å². The van der Waals surface area contributed by atoms with E-state index in [0.717, 1.165) is 44.9 Å². The topological polar surface area (TPSA) is 114 Å². The molecule has 3 fully saturated rings. The highest BCUT2D eigenvalue weighted by atomic mass is 16.6. The van der Waals surface area contributed by atoms with E-state index < -0.39 is 10.9 Å². The van der Waals surface area contributed by atoms with Crippen molar-refractivity contribution >= 4 is 17.6 Å². The summed E-state index contributed by atoms with van der Waals surface area (Å²) in [5, 5.41) is 11.0. The minimum Gasteiger partial charge on any atom is -0.460 e. The predicted molar refractivity (Wildman–Crippen MR) is 144 cm³/mol. The molecule has 216 valence electrons. The molecule has 3 aliphatic heterocycles. The second-order valence-electron chi connectivity index (χ2n) is 11.2. The number of esters is 2. The fourth-order valence-electron chi connectivity index (χ4n) is 6.01. The molecule has 3 aliphatic rings. The molecule has 0 aliphatic carbocycles. The fourth-order valence-corrected chi connectivity index (χ4v) is 6.01. The minimum atomic E-state index is -0.487. The monoisotopic (exact) mass is 545 g/mol. The molecule has 0 spiro atoms. The fraction of sp³-hybridized carbons (Fsp3) is 0.733. The van der Waals surface area contributed by atoms with Gasteiger partial charge in [0.2, 0.25) is 0 Å². The summed E-state index contributed by atoms with van der Waals surface area (Å²) >= 11 is 0. The van der Waals surface area contributed by atoms with Gasteiger partial charge in [0, 0.05) is 18.6 Å². The molecule has 3 heterocycles. The van der Waals surface area contributed by atoms with Crippen LogP contribution >= 0.6 is 0 Å². The van der Waals surface area contributed by atoms with Crippen molar-refractivity contribution in [2.75, 3.05) is 0 Å². The van der Waals surface area contributed by atoms with Gasteiger partial charge in [-0.2, -0.15) is 0 Å². The van der Waals surface area contributed by atoms with E-state index in [0.29, 0.717) is 18.4 Å². The second kappa shape index (κ2) is 14.7. The van der Waals surface area contributed by atoms with Gasteiger partial charge in [0.25, 0.3) is 5.69 Å². The lowest BCUT2D eigenvalue weighted by atomic mass is 10.0. The number of nitro benzene ring substituents is 1. The Kier molecular flexibility index (Phi) is 11.1. The molecule has 0 amide bonds. The third kappa shape index (κ3) is 8.48. The lowest BCUT2D eigenvalue weighted by Gasteiger charge is -2.26. The number of rotatable bonds is 15. The van der Waals surface area contributed by atoms with Gasteiger partial charge in [0.15, 0.2) is 0 Å². The number of benzene rings is 1. The average Bonchev–Trinajstić information content (AvgIpc) is 3.70. The van der Waals surface area contributed by atoms with Gasteiger partial charge >= 0.3 is 11.9 Å². The first-order valence-corrected chi connectivity index (χ1v) is 14.9. The molecule has 4 rings (SSSR count). The molecule has 0 unspecified atom stereocenters. The predicted octanol–water partition coefficient (Wildman–Crippen LogP) is 6.45. The van der Waals surface area contributed by atoms with E-state index in [1.54, 1.807) is 0 Å². The van der Waals surface area contributed by atoms with Crippen molar-refractivity contribution in [3.8, 4) is 0 Å². The summed E-state index contributed by atoms with van der Waals surface area (Å²) in [6.45, 7) is 2.22. The Morgan fingerprint density at radius 1 is 0.897 bits per heavy atom. The molecule has 1 aromatic rings. The Bertz CT molecular complexity index is 951. The first-order valence-electron chi connectivity index (χ1n) is 14.9. The van der Waals surface area contributed by atoms with E-state index in [2.05, 4.69) is 6.92 Å². The highest BCUT2D eigenvalue weighted by Crippen LogP contribution is 2.37. The smallest absolute Gasteiger partial charge is 0.338 e. The van der Waals surface area contributed by atoms with E-state index in [1.165, 1.54) is 62.8 Å². The van der Waals surface area contributed by atoms with Crippen molar-refractivity contribution in [3.05, 3.63) is 39.9 Å². The summed E-state index contributed by atoms with van der Waals surface area (Å²) in [4.78, 5) is 35.0. The number of carbonyl (C=O) groups excluding carboxylic acids is 2. The van der Waals surface area contributed by atoms with Crippen molar-refractivity contribution in [1.29, 1.82) is 0 Å². The number of nitrogens with zero attached hydrogens (tertiary/aromatic N) is 1. The maximum atomic E-state index is 13.0. The van der Waals surface area contributed by atoms with Gasteiger partial charge in [0.1, 0.15) is 12.2 Å². The van der Waals surface area contributed by atoms with Crippen LogP contribution in [0.1, 0.15) is 114 Å². The third-order valence-electron chi connectivity index (χ3n) is 8.24. The Morgan fingerprint density at radius 2 is 1.51 bits per heavy atom. The maximum absolute atomic E-state index is 13.0. The first-order chi connectivity index (χ1) is 18.9. The van der Waals surface area contributed by atoms with Gasteiger partial charge in [0.05, 0.1) is 34.9 Å². The average molecular weight is 546 g/mol. The van der Waals surface area contributed by atoms with Gasteiger partial charge in [-0.05, 0) is 57.1 Å². The minimum absolute atomic E-state index is 0.0477. The highest BCUT2D eigenvalue weighted by Gasteiger charge is 2.44. The molecule has 39 heavy (non-hydrogen) atoms. The van der Waals surface area contributed by atoms with Crippen LogP contribution in [-0.2, 0) is 23.7 Å². The zero-order valence-corrected chi connectivity index (χ0v) is 23.1. The van der Waals surface area contributed by atoms with Crippen molar-refractivity contribution in [3.63, 3.8) is 0 Å². The summed E-state index contributed by atoms with van der Waals surface area (Å²) in [5.41, 5.74) is 0.232. The van der Waals surface area contributed by atoms with Gasteiger partial charge < -0.3 is 18.9 Å². The van der Waals surface area contributed by atoms with Crippen LogP contribution in [0.2, 0.25) is 0 Å². The van der Waals surface area contributed by atoms with Gasteiger partial charge in [-0.1, -0.05) is 51.9 Å². The van der Waals surface area contributed by atoms with Gasteiger partial charge in [-0.15, -0.1) is 0 Å². The summed E-state index contributed by atoms with van der Waals surface area (Å²) in [7, 11) is 0. The lowest BCUT2D eigenvalue weighted by molar-refractivity contribution is -0.384. The largest absolute Gasteiger partial charge is 0.460 e. The molecule has 3 saturated heterocycles. The van der Waals surface area contributed by atoms with E-state index in [4.69, 9.17) is 18.9 Å². The maximum Gasteiger partial charge on any atom is 0.338 e. The number of carbonyl (C=O) groups is 2. The number of non-ortho nitro benzene ring substituents is 1. The molecule has 0 N–H and O–H groups in total. The highest BCUT2D eigenvalue weighted by molar-refractivity contribution is 5.89.